The van der Waals surface area contributed by atoms with Gasteiger partial charge in [0.15, 0.2) is 5.52 Å². The van der Waals surface area contributed by atoms with Gasteiger partial charge >= 0.3 is 0 Å². The Balaban J connectivity index is 1.67. The zero-order valence-electron chi connectivity index (χ0n) is 15.3. The second-order valence-electron chi connectivity index (χ2n) is 6.86. The van der Waals surface area contributed by atoms with Gasteiger partial charge in [0.1, 0.15) is 5.82 Å². The van der Waals surface area contributed by atoms with Gasteiger partial charge in [0.05, 0.1) is 12.2 Å². The molecule has 0 aliphatic carbocycles. The number of anilines is 1. The number of nitrogens with zero attached hydrogens (tertiary/aromatic N) is 3. The summed E-state index contributed by atoms with van der Waals surface area (Å²) in [5.74, 6) is 1.32. The monoisotopic (exact) mass is 403 g/mol. The molecule has 4 rings (SSSR count). The highest BCUT2D eigenvalue weighted by molar-refractivity contribution is 6.30. The van der Waals surface area contributed by atoms with Crippen LogP contribution in [0.1, 0.15) is 42.6 Å². The fourth-order valence-corrected chi connectivity index (χ4v) is 3.65. The summed E-state index contributed by atoms with van der Waals surface area (Å²) in [6.45, 7) is 1.36. The van der Waals surface area contributed by atoms with Gasteiger partial charge < -0.3 is 15.2 Å². The number of hydrogen-bond donors (Lipinski definition) is 3. The number of aromatic nitrogens is 4. The summed E-state index contributed by atoms with van der Waals surface area (Å²) in [5, 5.41) is 17.9. The molecule has 148 valence electrons. The Labute approximate surface area is 166 Å². The second kappa shape index (κ2) is 8.30. The molecule has 0 bridgehead atoms. The van der Waals surface area contributed by atoms with Crippen LogP contribution in [-0.4, -0.2) is 44.5 Å². The Morgan fingerprint density at radius 1 is 1.32 bits per heavy atom. The summed E-state index contributed by atoms with van der Waals surface area (Å²) in [6.07, 6.45) is 3.73. The highest BCUT2D eigenvalue weighted by Crippen LogP contribution is 2.26. The average molecular weight is 404 g/mol. The van der Waals surface area contributed by atoms with Gasteiger partial charge in [0.2, 0.25) is 5.95 Å². The van der Waals surface area contributed by atoms with Crippen molar-refractivity contribution in [2.45, 2.75) is 31.2 Å². The zero-order chi connectivity index (χ0) is 19.5. The number of H-pyrrole nitrogens is 1. The van der Waals surface area contributed by atoms with E-state index in [1.54, 1.807) is 22.8 Å². The molecule has 3 N–H and O–H groups in total. The predicted molar refractivity (Wildman–Crippen MR) is 106 cm³/mol. The van der Waals surface area contributed by atoms with Gasteiger partial charge in [-0.2, -0.15) is 0 Å². The fourth-order valence-electron chi connectivity index (χ4n) is 3.53. The van der Waals surface area contributed by atoms with Crippen molar-refractivity contribution in [2.75, 3.05) is 25.1 Å². The van der Waals surface area contributed by atoms with Gasteiger partial charge in [-0.25, -0.2) is 9.50 Å². The predicted octanol–water partition coefficient (Wildman–Crippen LogP) is 2.50. The van der Waals surface area contributed by atoms with Crippen LogP contribution in [0.5, 0.6) is 0 Å². The van der Waals surface area contributed by atoms with E-state index in [4.69, 9.17) is 16.3 Å². The fraction of sp³-hybridized carbons (Fsp3) is 0.421. The summed E-state index contributed by atoms with van der Waals surface area (Å²) in [7, 11) is 0. The van der Waals surface area contributed by atoms with Gasteiger partial charge in [-0.1, -0.05) is 23.7 Å². The first kappa shape index (κ1) is 18.9. The molecule has 9 heteroatoms. The number of aliphatic hydroxyl groups is 1. The average Bonchev–Trinajstić information content (AvgIpc) is 3.13. The van der Waals surface area contributed by atoms with Crippen molar-refractivity contribution < 1.29 is 9.84 Å². The van der Waals surface area contributed by atoms with Crippen LogP contribution < -0.4 is 10.9 Å². The number of hydrogen-bond acceptors (Lipinski definition) is 6. The second-order valence-corrected chi connectivity index (χ2v) is 7.30. The SMILES string of the molecule is O=c1[nH]c(N[C@H](CCO)c2ccc(Cl)cc2)nn2c(C3CCOCC3)ncc12. The minimum absolute atomic E-state index is 0.00876. The van der Waals surface area contributed by atoms with Gasteiger partial charge in [0.25, 0.3) is 5.56 Å². The lowest BCUT2D eigenvalue weighted by Gasteiger charge is -2.21. The van der Waals surface area contributed by atoms with E-state index in [2.05, 4.69) is 20.4 Å². The van der Waals surface area contributed by atoms with Gasteiger partial charge in [0, 0.05) is 30.8 Å². The Kier molecular flexibility index (Phi) is 5.61. The van der Waals surface area contributed by atoms with Gasteiger partial charge in [-0.05, 0) is 37.0 Å². The molecule has 0 unspecified atom stereocenters. The number of aliphatic hydroxyl groups excluding tert-OH is 1. The third-order valence-corrected chi connectivity index (χ3v) is 5.27. The number of aromatic amines is 1. The van der Waals surface area contributed by atoms with Crippen molar-refractivity contribution in [3.05, 3.63) is 57.2 Å². The van der Waals surface area contributed by atoms with Crippen LogP contribution in [0.15, 0.2) is 35.3 Å². The molecular weight excluding hydrogens is 382 g/mol. The molecule has 28 heavy (non-hydrogen) atoms. The maximum absolute atomic E-state index is 12.5. The largest absolute Gasteiger partial charge is 0.396 e. The lowest BCUT2D eigenvalue weighted by atomic mass is 10.00. The highest BCUT2D eigenvalue weighted by Gasteiger charge is 2.22. The smallest absolute Gasteiger partial charge is 0.278 e. The van der Waals surface area contributed by atoms with Crippen molar-refractivity contribution in [3.63, 3.8) is 0 Å². The quantitative estimate of drug-likeness (QED) is 0.584. The van der Waals surface area contributed by atoms with Crippen LogP contribution in [0.2, 0.25) is 5.02 Å². The van der Waals surface area contributed by atoms with E-state index in [0.717, 1.165) is 24.2 Å². The third kappa shape index (κ3) is 3.89. The highest BCUT2D eigenvalue weighted by atomic mass is 35.5. The molecule has 0 radical (unpaired) electrons. The van der Waals surface area contributed by atoms with Crippen LogP contribution in [0.4, 0.5) is 5.95 Å². The number of rotatable bonds is 6. The van der Waals surface area contributed by atoms with Crippen molar-refractivity contribution in [1.29, 1.82) is 0 Å². The number of imidazole rings is 1. The van der Waals surface area contributed by atoms with E-state index < -0.39 is 0 Å². The first-order valence-electron chi connectivity index (χ1n) is 9.34. The Bertz CT molecular complexity index is 995. The molecule has 0 saturated carbocycles. The minimum Gasteiger partial charge on any atom is -0.396 e. The topological polar surface area (TPSA) is 105 Å². The molecule has 1 aromatic carbocycles. The molecule has 2 aromatic heterocycles. The number of halogens is 1. The standard InChI is InChI=1S/C19H22ClN5O3/c20-14-3-1-12(2-4-14)15(5-8-26)22-19-23-18(27)16-11-21-17(25(16)24-19)13-6-9-28-10-7-13/h1-4,11,13,15,26H,5-10H2,(H2,22,23,24,27)/t15-/m1/s1. The summed E-state index contributed by atoms with van der Waals surface area (Å²) in [5.41, 5.74) is 1.09. The van der Waals surface area contributed by atoms with Crippen LogP contribution >= 0.6 is 11.6 Å². The summed E-state index contributed by atoms with van der Waals surface area (Å²) >= 11 is 5.97. The lowest BCUT2D eigenvalue weighted by Crippen LogP contribution is -2.22. The zero-order valence-corrected chi connectivity index (χ0v) is 16.0. The number of ether oxygens (including phenoxy) is 1. The van der Waals surface area contributed by atoms with Gasteiger partial charge in [-0.15, -0.1) is 5.10 Å². The van der Waals surface area contributed by atoms with E-state index >= 15 is 0 Å². The van der Waals surface area contributed by atoms with Gasteiger partial charge in [-0.3, -0.25) is 9.78 Å². The maximum atomic E-state index is 12.5. The molecular formula is C19H22ClN5O3. The van der Waals surface area contributed by atoms with Crippen LogP contribution in [-0.2, 0) is 4.74 Å². The van der Waals surface area contributed by atoms with E-state index in [9.17, 15) is 9.90 Å². The normalized spacial score (nSPS) is 16.4. The molecule has 0 amide bonds. The molecule has 3 aromatic rings. The molecule has 1 saturated heterocycles. The number of fused-ring (bicyclic) bond motifs is 1. The molecule has 8 nitrogen and oxygen atoms in total. The van der Waals surface area contributed by atoms with E-state index in [-0.39, 0.29) is 24.1 Å². The molecule has 3 heterocycles. The van der Waals surface area contributed by atoms with Crippen LogP contribution in [0.25, 0.3) is 5.52 Å². The summed E-state index contributed by atoms with van der Waals surface area (Å²) in [6, 6.07) is 7.13. The maximum Gasteiger partial charge on any atom is 0.278 e. The van der Waals surface area contributed by atoms with Crippen LogP contribution in [0, 0.1) is 0 Å². The summed E-state index contributed by atoms with van der Waals surface area (Å²) < 4.78 is 7.04. The van der Waals surface area contributed by atoms with Crippen LogP contribution in [0.3, 0.4) is 0 Å². The number of benzene rings is 1. The third-order valence-electron chi connectivity index (χ3n) is 5.02. The van der Waals surface area contributed by atoms with Crippen molar-refractivity contribution in [2.24, 2.45) is 0 Å². The molecule has 1 fully saturated rings. The molecule has 1 aliphatic rings. The Morgan fingerprint density at radius 3 is 2.79 bits per heavy atom. The lowest BCUT2D eigenvalue weighted by molar-refractivity contribution is 0.0832. The van der Waals surface area contributed by atoms with Crippen molar-refractivity contribution >= 4 is 23.1 Å². The minimum atomic E-state index is -0.262. The van der Waals surface area contributed by atoms with E-state index in [1.165, 1.54) is 0 Å². The van der Waals surface area contributed by atoms with Crippen molar-refractivity contribution in [3.8, 4) is 0 Å². The molecule has 1 atom stereocenters. The Hall–Kier alpha value is -2.42. The first-order chi connectivity index (χ1) is 13.7. The molecule has 0 spiro atoms. The van der Waals surface area contributed by atoms with Crippen molar-refractivity contribution in [1.82, 2.24) is 19.6 Å². The van der Waals surface area contributed by atoms with E-state index in [1.807, 2.05) is 12.1 Å². The van der Waals surface area contributed by atoms with E-state index in [0.29, 0.717) is 36.1 Å². The number of nitrogens with one attached hydrogen (secondary N) is 2. The first-order valence-corrected chi connectivity index (χ1v) is 9.72. The molecule has 1 aliphatic heterocycles. The Morgan fingerprint density at radius 2 is 2.07 bits per heavy atom. The summed E-state index contributed by atoms with van der Waals surface area (Å²) in [4.78, 5) is 19.7.